The summed E-state index contributed by atoms with van der Waals surface area (Å²) in [6, 6.07) is 4.25. The number of hydrogen-bond donors (Lipinski definition) is 1. The summed E-state index contributed by atoms with van der Waals surface area (Å²) in [5.41, 5.74) is 8.15. The van der Waals surface area contributed by atoms with Crippen LogP contribution in [-0.4, -0.2) is 18.1 Å². The van der Waals surface area contributed by atoms with Crippen LogP contribution in [0, 0.1) is 0 Å². The number of pyridine rings is 1. The first-order valence-corrected chi connectivity index (χ1v) is 6.62. The zero-order chi connectivity index (χ0) is 13.2. The van der Waals surface area contributed by atoms with Crippen LogP contribution < -0.4 is 10.6 Å². The molecule has 0 atom stereocenters. The highest BCUT2D eigenvalue weighted by atomic mass is 15.2. The number of nitrogens with zero attached hydrogens (tertiary/aromatic N) is 2. The second kappa shape index (κ2) is 5.11. The zero-order valence-corrected chi connectivity index (χ0v) is 11.6. The van der Waals surface area contributed by atoms with E-state index in [1.807, 2.05) is 0 Å². The molecule has 0 spiro atoms. The van der Waals surface area contributed by atoms with Gasteiger partial charge in [0.25, 0.3) is 0 Å². The molecule has 0 saturated carbocycles. The Kier molecular flexibility index (Phi) is 3.71. The van der Waals surface area contributed by atoms with Gasteiger partial charge < -0.3 is 10.6 Å². The molecule has 0 fully saturated rings. The Morgan fingerprint density at radius 3 is 2.61 bits per heavy atom. The summed E-state index contributed by atoms with van der Waals surface area (Å²) in [5.74, 6) is 1.06. The summed E-state index contributed by atoms with van der Waals surface area (Å²) in [6.07, 6.45) is 5.53. The molecule has 1 aliphatic heterocycles. The highest BCUT2D eigenvalue weighted by Gasteiger charge is 2.19. The molecule has 1 aromatic rings. The van der Waals surface area contributed by atoms with Gasteiger partial charge in [-0.25, -0.2) is 4.98 Å². The summed E-state index contributed by atoms with van der Waals surface area (Å²) in [4.78, 5) is 7.13. The van der Waals surface area contributed by atoms with Gasteiger partial charge in [0.1, 0.15) is 5.82 Å². The van der Waals surface area contributed by atoms with E-state index in [2.05, 4.69) is 50.0 Å². The lowest BCUT2D eigenvalue weighted by atomic mass is 9.90. The Hall–Kier alpha value is -1.35. The fraction of sp³-hybridized carbons (Fsp3) is 0.533. The van der Waals surface area contributed by atoms with Gasteiger partial charge in [-0.05, 0) is 24.1 Å². The minimum Gasteiger partial charge on any atom is -0.353 e. The van der Waals surface area contributed by atoms with Gasteiger partial charge in [-0.1, -0.05) is 32.9 Å². The van der Waals surface area contributed by atoms with Crippen molar-refractivity contribution < 1.29 is 0 Å². The SMILES string of the molecule is CC(C)(C)c1cc(CN)cc(N2CC=CCC2)n1. The van der Waals surface area contributed by atoms with Crippen LogP contribution in [0.2, 0.25) is 0 Å². The van der Waals surface area contributed by atoms with Gasteiger partial charge in [0.05, 0.1) is 0 Å². The molecule has 0 aliphatic carbocycles. The maximum Gasteiger partial charge on any atom is 0.129 e. The van der Waals surface area contributed by atoms with Gasteiger partial charge in [-0.15, -0.1) is 0 Å². The predicted octanol–water partition coefficient (Wildman–Crippen LogP) is 2.60. The van der Waals surface area contributed by atoms with Crippen LogP contribution in [0.1, 0.15) is 38.4 Å². The van der Waals surface area contributed by atoms with Crippen LogP contribution in [-0.2, 0) is 12.0 Å². The van der Waals surface area contributed by atoms with E-state index in [0.29, 0.717) is 6.54 Å². The minimum absolute atomic E-state index is 0.0611. The zero-order valence-electron chi connectivity index (χ0n) is 11.6. The van der Waals surface area contributed by atoms with Gasteiger partial charge in [0.15, 0.2) is 0 Å². The lowest BCUT2D eigenvalue weighted by Crippen LogP contribution is -2.29. The molecule has 18 heavy (non-hydrogen) atoms. The van der Waals surface area contributed by atoms with Crippen molar-refractivity contribution >= 4 is 5.82 Å². The molecule has 0 bridgehead atoms. The molecule has 1 aliphatic rings. The molecule has 3 nitrogen and oxygen atoms in total. The molecule has 0 amide bonds. The topological polar surface area (TPSA) is 42.1 Å². The van der Waals surface area contributed by atoms with Gasteiger partial charge >= 0.3 is 0 Å². The maximum atomic E-state index is 5.80. The second-order valence-electron chi connectivity index (χ2n) is 5.88. The Morgan fingerprint density at radius 1 is 1.28 bits per heavy atom. The molecular formula is C15H23N3. The molecule has 1 aromatic heterocycles. The second-order valence-corrected chi connectivity index (χ2v) is 5.88. The maximum absolute atomic E-state index is 5.80. The lowest BCUT2D eigenvalue weighted by molar-refractivity contribution is 0.566. The highest BCUT2D eigenvalue weighted by molar-refractivity contribution is 5.45. The molecule has 98 valence electrons. The number of hydrogen-bond acceptors (Lipinski definition) is 3. The fourth-order valence-corrected chi connectivity index (χ4v) is 2.08. The quantitative estimate of drug-likeness (QED) is 0.814. The van der Waals surface area contributed by atoms with Crippen molar-refractivity contribution in [3.63, 3.8) is 0 Å². The predicted molar refractivity (Wildman–Crippen MR) is 76.8 cm³/mol. The highest BCUT2D eigenvalue weighted by Crippen LogP contribution is 2.25. The lowest BCUT2D eigenvalue weighted by Gasteiger charge is -2.27. The van der Waals surface area contributed by atoms with E-state index in [0.717, 1.165) is 31.0 Å². The third-order valence-corrected chi connectivity index (χ3v) is 3.26. The number of rotatable bonds is 2. The van der Waals surface area contributed by atoms with E-state index in [1.54, 1.807) is 0 Å². The standard InChI is InChI=1S/C15H23N3/c1-15(2,3)13-9-12(11-16)10-14(17-13)18-7-5-4-6-8-18/h4-5,9-10H,6-8,11,16H2,1-3H3. The van der Waals surface area contributed by atoms with Crippen LogP contribution in [0.5, 0.6) is 0 Å². The largest absolute Gasteiger partial charge is 0.353 e. The average molecular weight is 245 g/mol. The van der Waals surface area contributed by atoms with Gasteiger partial charge in [-0.2, -0.15) is 0 Å². The summed E-state index contributed by atoms with van der Waals surface area (Å²) in [7, 11) is 0. The third kappa shape index (κ3) is 2.91. The Labute approximate surface area is 110 Å². The van der Waals surface area contributed by atoms with Crippen LogP contribution >= 0.6 is 0 Å². The van der Waals surface area contributed by atoms with Gasteiger partial charge in [-0.3, -0.25) is 0 Å². The first-order valence-electron chi connectivity index (χ1n) is 6.62. The molecule has 2 N–H and O–H groups in total. The molecule has 0 unspecified atom stereocenters. The number of aromatic nitrogens is 1. The van der Waals surface area contributed by atoms with Crippen molar-refractivity contribution in [3.8, 4) is 0 Å². The summed E-state index contributed by atoms with van der Waals surface area (Å²) < 4.78 is 0. The van der Waals surface area contributed by atoms with Gasteiger partial charge in [0, 0.05) is 30.7 Å². The van der Waals surface area contributed by atoms with Gasteiger partial charge in [0.2, 0.25) is 0 Å². The van der Waals surface area contributed by atoms with Crippen molar-refractivity contribution in [1.29, 1.82) is 0 Å². The Morgan fingerprint density at radius 2 is 2.06 bits per heavy atom. The van der Waals surface area contributed by atoms with E-state index in [9.17, 15) is 0 Å². The van der Waals surface area contributed by atoms with Crippen molar-refractivity contribution in [2.24, 2.45) is 5.73 Å². The smallest absolute Gasteiger partial charge is 0.129 e. The summed E-state index contributed by atoms with van der Waals surface area (Å²) >= 11 is 0. The van der Waals surface area contributed by atoms with Crippen LogP contribution in [0.15, 0.2) is 24.3 Å². The monoisotopic (exact) mass is 245 g/mol. The van der Waals surface area contributed by atoms with E-state index in [4.69, 9.17) is 10.7 Å². The number of nitrogens with two attached hydrogens (primary N) is 1. The first-order chi connectivity index (χ1) is 8.50. The third-order valence-electron chi connectivity index (χ3n) is 3.26. The molecule has 2 rings (SSSR count). The van der Waals surface area contributed by atoms with E-state index >= 15 is 0 Å². The normalized spacial score (nSPS) is 16.1. The van der Waals surface area contributed by atoms with Crippen molar-refractivity contribution in [2.75, 3.05) is 18.0 Å². The summed E-state index contributed by atoms with van der Waals surface area (Å²) in [5, 5.41) is 0. The van der Waals surface area contributed by atoms with Crippen LogP contribution in [0.4, 0.5) is 5.82 Å². The molecule has 0 saturated heterocycles. The average Bonchev–Trinajstić information content (AvgIpc) is 2.38. The Bertz CT molecular complexity index is 444. The molecule has 0 aromatic carbocycles. The van der Waals surface area contributed by atoms with Crippen molar-refractivity contribution in [2.45, 2.75) is 39.2 Å². The van der Waals surface area contributed by atoms with E-state index < -0.39 is 0 Å². The fourth-order valence-electron chi connectivity index (χ4n) is 2.08. The molecule has 0 radical (unpaired) electrons. The summed E-state index contributed by atoms with van der Waals surface area (Å²) in [6.45, 7) is 9.13. The van der Waals surface area contributed by atoms with Crippen molar-refractivity contribution in [1.82, 2.24) is 4.98 Å². The van der Waals surface area contributed by atoms with Crippen LogP contribution in [0.25, 0.3) is 0 Å². The minimum atomic E-state index is 0.0611. The Balaban J connectivity index is 2.37. The molecule has 3 heteroatoms. The van der Waals surface area contributed by atoms with Crippen molar-refractivity contribution in [3.05, 3.63) is 35.5 Å². The first kappa shape index (κ1) is 13.1. The van der Waals surface area contributed by atoms with Crippen LogP contribution in [0.3, 0.4) is 0 Å². The molecule has 2 heterocycles. The molecular weight excluding hydrogens is 222 g/mol. The van der Waals surface area contributed by atoms with E-state index in [1.165, 1.54) is 5.56 Å². The number of anilines is 1. The van der Waals surface area contributed by atoms with E-state index in [-0.39, 0.29) is 5.41 Å².